The molecule has 25 aromatic rings. The lowest BCUT2D eigenvalue weighted by atomic mass is 10.0. The third kappa shape index (κ3) is 20.7. The first-order valence-corrected chi connectivity index (χ1v) is 47.3. The van der Waals surface area contributed by atoms with Crippen LogP contribution in [0.5, 0.6) is 57.5 Å². The monoisotopic (exact) mass is 1980 g/mol. The number of hydrogen-bond donors (Lipinski definition) is 2. The Balaban J connectivity index is 0.000000109. The van der Waals surface area contributed by atoms with Crippen LogP contribution in [0.2, 0.25) is 0 Å². The van der Waals surface area contributed by atoms with Crippen LogP contribution in [0.3, 0.4) is 0 Å². The number of aromatic amines is 1. The van der Waals surface area contributed by atoms with Crippen LogP contribution in [0, 0.1) is 5.82 Å². The molecule has 0 atom stereocenters. The Hall–Kier alpha value is -19.8. The SMILES string of the molecule is CNC(=O)c1ccc(-c2ccc3nnc(COc4ccnc5cc(OC)ccc45)n3c2)cc1F.COc1ccc2c(OCc3nnc4ccc(-c5ccc[nH]5)cn34)ccnc2c1.COc1ccc2c(OCc3nnc4ccc(-c5ccccc5)cn34)ccnc2c1.COc1ccc2c(OCc3nnc4ccc(-c5ccccn5)cn34)ccnc2c1.COc1ccc2c(OCc3nnc4ccc(-c5cccs5)cn34)ccnc2c1. The molecule has 0 aliphatic heterocycles. The maximum absolute atomic E-state index is 14.5. The van der Waals surface area contributed by atoms with Gasteiger partial charge in [-0.25, -0.2) is 4.39 Å². The molecule has 25 rings (SSSR count). The van der Waals surface area contributed by atoms with Crippen LogP contribution >= 0.6 is 11.3 Å². The number of nitrogens with zero attached hydrogens (tertiary/aromatic N) is 21. The summed E-state index contributed by atoms with van der Waals surface area (Å²) in [6.45, 7) is 1.34. The van der Waals surface area contributed by atoms with Gasteiger partial charge in [0.05, 0.1) is 74.4 Å². The van der Waals surface area contributed by atoms with Gasteiger partial charge in [0.2, 0.25) is 0 Å². The number of carbonyl (C=O) groups excluding carboxylic acids is 1. The number of fused-ring (bicyclic) bond motifs is 10. The van der Waals surface area contributed by atoms with Crippen LogP contribution in [0.1, 0.15) is 39.5 Å². The average Bonchev–Trinajstić information content (AvgIpc) is 1.60. The van der Waals surface area contributed by atoms with Crippen LogP contribution in [0.15, 0.2) is 353 Å². The fourth-order valence-electron chi connectivity index (χ4n) is 16.6. The zero-order valence-corrected chi connectivity index (χ0v) is 81.0. The highest BCUT2D eigenvalue weighted by Crippen LogP contribution is 2.37. The molecule has 0 spiro atoms. The standard InChI is InChI=1S/C25H20FN5O3.C23H18N4O2.C22H17N5O2.C21H17N5O2.C21H16N4O2S/c1-27-25(32)18-6-3-15(11-20(18)26)16-4-8-23-29-30-24(31(23)13-16)14-34-22-9-10-28-21-12-17(33-2)5-7-19(21)22;1-28-18-8-9-19-20(13-18)24-12-11-21(19)29-15-23-26-25-22-10-7-17(14-27(22)23)16-5-3-2-4-6-16;1-28-16-6-7-17-19(12-16)24-11-9-20(17)29-14-22-26-25-21-8-5-15(13-27(21)22)18-4-2-3-10-23-18;1-27-15-5-6-16-18(11-15)23-10-8-19(16)28-13-21-25-24-20-7-4-14(12-26(20)21)17-3-2-9-22-17;1-26-15-5-6-16-17(11-15)22-9-8-18(16)27-13-21-24-23-20-7-4-14(12-25(20)21)19-3-2-10-28-19/h3-13H,14H2,1-2H3,(H,27,32);2-14H,15H2,1H3;2-13H,14H2,1H3;2-12,22H,13H2,1H3;2-12H,13H2,1H3. The first kappa shape index (κ1) is 94.5. The van der Waals surface area contributed by atoms with Crippen molar-refractivity contribution >= 4 is 100.0 Å². The number of pyridine rings is 11. The fraction of sp³-hybridized carbons (Fsp3) is 0.0982. The van der Waals surface area contributed by atoms with E-state index in [0.29, 0.717) is 54.2 Å². The summed E-state index contributed by atoms with van der Waals surface area (Å²) in [6.07, 6.45) is 22.2. The van der Waals surface area contributed by atoms with Gasteiger partial charge in [0.1, 0.15) is 96.3 Å². The number of benzene rings is 7. The number of hydrogen-bond acceptors (Lipinski definition) is 28. The Morgan fingerprint density at radius 3 is 1.00 bits per heavy atom. The van der Waals surface area contributed by atoms with Crippen molar-refractivity contribution in [3.8, 4) is 113 Å². The average molecular weight is 1980 g/mol. The number of carbonyl (C=O) groups is 1. The lowest BCUT2D eigenvalue weighted by molar-refractivity contribution is 0.0959. The van der Waals surface area contributed by atoms with Gasteiger partial charge in [-0.15, -0.1) is 62.3 Å². The normalized spacial score (nSPS) is 11.1. The van der Waals surface area contributed by atoms with E-state index in [9.17, 15) is 9.18 Å². The van der Waals surface area contributed by atoms with Gasteiger partial charge in [0.25, 0.3) is 5.91 Å². The van der Waals surface area contributed by atoms with Gasteiger partial charge in [0.15, 0.2) is 57.4 Å². The second-order valence-corrected chi connectivity index (χ2v) is 34.1. The van der Waals surface area contributed by atoms with E-state index in [0.717, 1.165) is 185 Å². The van der Waals surface area contributed by atoms with E-state index < -0.39 is 11.7 Å². The highest BCUT2D eigenvalue weighted by atomic mass is 32.1. The van der Waals surface area contributed by atoms with E-state index in [2.05, 4.69) is 127 Å². The van der Waals surface area contributed by atoms with Crippen molar-refractivity contribution in [3.05, 3.63) is 393 Å². The Morgan fingerprint density at radius 2 is 0.655 bits per heavy atom. The summed E-state index contributed by atoms with van der Waals surface area (Å²) < 4.78 is 80.8. The molecule has 0 aliphatic carbocycles. The van der Waals surface area contributed by atoms with Crippen LogP contribution in [-0.4, -0.2) is 156 Å². The Labute approximate surface area is 846 Å². The van der Waals surface area contributed by atoms with Gasteiger partial charge in [-0.05, 0) is 222 Å². The molecule has 0 saturated heterocycles. The fourth-order valence-corrected chi connectivity index (χ4v) is 17.3. The second-order valence-electron chi connectivity index (χ2n) is 33.1. The molecule has 7 aromatic carbocycles. The van der Waals surface area contributed by atoms with Crippen molar-refractivity contribution in [2.75, 3.05) is 42.6 Å². The Bertz CT molecular complexity index is 8670. The lowest BCUT2D eigenvalue weighted by Gasteiger charge is -2.10. The second kappa shape index (κ2) is 43.4. The minimum absolute atomic E-state index is 0.00656. The van der Waals surface area contributed by atoms with E-state index >= 15 is 0 Å². The summed E-state index contributed by atoms with van der Waals surface area (Å²) in [5.74, 6) is 9.81. The maximum Gasteiger partial charge on any atom is 0.253 e. The molecule has 0 aliphatic rings. The van der Waals surface area contributed by atoms with Crippen LogP contribution < -0.4 is 52.7 Å². The van der Waals surface area contributed by atoms with E-state index in [4.69, 9.17) is 47.4 Å². The van der Waals surface area contributed by atoms with E-state index in [1.807, 2.05) is 267 Å². The lowest BCUT2D eigenvalue weighted by Crippen LogP contribution is -2.19. The zero-order chi connectivity index (χ0) is 101. The summed E-state index contributed by atoms with van der Waals surface area (Å²) in [5.41, 5.74) is 16.5. The molecule has 0 unspecified atom stereocenters. The number of nitrogens with one attached hydrogen (secondary N) is 2. The number of ether oxygens (including phenoxy) is 10. The molecule has 0 fully saturated rings. The largest absolute Gasteiger partial charge is 0.497 e. The topological polar surface area (TPSA) is 365 Å². The summed E-state index contributed by atoms with van der Waals surface area (Å²) in [7, 11) is 9.63. The number of thiophene rings is 1. The predicted octanol–water partition coefficient (Wildman–Crippen LogP) is 20.9. The Kier molecular flexibility index (Phi) is 27.7. The van der Waals surface area contributed by atoms with Crippen molar-refractivity contribution in [3.63, 3.8) is 0 Å². The van der Waals surface area contributed by atoms with Crippen LogP contribution in [0.25, 0.3) is 138 Å². The minimum atomic E-state index is -0.592. The van der Waals surface area contributed by atoms with Crippen molar-refractivity contribution < 1.29 is 56.6 Å². The van der Waals surface area contributed by atoms with Crippen molar-refractivity contribution in [1.29, 1.82) is 0 Å². The molecule has 18 heterocycles. The first-order valence-electron chi connectivity index (χ1n) is 46.5. The summed E-state index contributed by atoms with van der Waals surface area (Å²) in [6, 6.07) is 86.0. The summed E-state index contributed by atoms with van der Waals surface area (Å²) >= 11 is 1.71. The number of halogens is 1. The number of H-pyrrole nitrogens is 1. The third-order valence-corrected chi connectivity index (χ3v) is 25.2. The first-order chi connectivity index (χ1) is 72.8. The molecule has 730 valence electrons. The van der Waals surface area contributed by atoms with E-state index in [-0.39, 0.29) is 18.8 Å². The van der Waals surface area contributed by atoms with Crippen LogP contribution in [-0.2, 0) is 33.0 Å². The highest BCUT2D eigenvalue weighted by Gasteiger charge is 2.21. The molecule has 1 amide bonds. The van der Waals surface area contributed by atoms with Gasteiger partial charge in [-0.3, -0.25) is 56.7 Å². The van der Waals surface area contributed by atoms with Crippen molar-refractivity contribution in [1.82, 2.24) is 113 Å². The summed E-state index contributed by atoms with van der Waals surface area (Å²) in [4.78, 5) is 42.5. The molecule has 18 aromatic heterocycles. The van der Waals surface area contributed by atoms with Gasteiger partial charge in [0, 0.05) is 166 Å². The number of aromatic nitrogens is 22. The maximum atomic E-state index is 14.5. The smallest absolute Gasteiger partial charge is 0.253 e. The van der Waals surface area contributed by atoms with Gasteiger partial charge in [-0.1, -0.05) is 48.5 Å². The quantitative estimate of drug-likeness (QED) is 0.0508. The Morgan fingerprint density at radius 1 is 0.311 bits per heavy atom. The molecule has 148 heavy (non-hydrogen) atoms. The zero-order valence-electron chi connectivity index (χ0n) is 80.2. The minimum Gasteiger partial charge on any atom is -0.497 e. The summed E-state index contributed by atoms with van der Waals surface area (Å²) in [5, 5.41) is 51.6. The molecular formula is C112H88FN23O11S. The van der Waals surface area contributed by atoms with E-state index in [1.54, 1.807) is 107 Å². The molecule has 34 nitrogen and oxygen atoms in total. The molecule has 0 bridgehead atoms. The molecule has 0 saturated carbocycles. The van der Waals surface area contributed by atoms with E-state index in [1.165, 1.54) is 24.1 Å². The van der Waals surface area contributed by atoms with Crippen LogP contribution in [0.4, 0.5) is 4.39 Å². The van der Waals surface area contributed by atoms with Crippen molar-refractivity contribution in [2.24, 2.45) is 0 Å². The molecule has 0 radical (unpaired) electrons. The molecule has 36 heteroatoms. The van der Waals surface area contributed by atoms with Crippen molar-refractivity contribution in [2.45, 2.75) is 33.0 Å². The number of methoxy groups -OCH3 is 5. The molecular weight excluding hydrogens is 1890 g/mol. The number of rotatable bonds is 26. The van der Waals surface area contributed by atoms with Gasteiger partial charge < -0.3 is 57.7 Å². The predicted molar refractivity (Wildman–Crippen MR) is 559 cm³/mol. The van der Waals surface area contributed by atoms with Gasteiger partial charge >= 0.3 is 0 Å². The number of amides is 1. The highest BCUT2D eigenvalue weighted by molar-refractivity contribution is 7.13. The van der Waals surface area contributed by atoms with Gasteiger partial charge in [-0.2, -0.15) is 0 Å². The third-order valence-electron chi connectivity index (χ3n) is 24.3. The molecule has 2 N–H and O–H groups in total.